The predicted octanol–water partition coefficient (Wildman–Crippen LogP) is 3.08. The fourth-order valence-electron chi connectivity index (χ4n) is 1.66. The maximum atomic E-state index is 12.6. The van der Waals surface area contributed by atoms with Crippen LogP contribution in [-0.2, 0) is 4.74 Å². The molecule has 0 radical (unpaired) electrons. The molecule has 12 heavy (non-hydrogen) atoms. The summed E-state index contributed by atoms with van der Waals surface area (Å²) >= 11 is 0. The van der Waals surface area contributed by atoms with Gasteiger partial charge in [0.25, 0.3) is 0 Å². The molecule has 2 atom stereocenters. The molecule has 1 aliphatic heterocycles. The predicted molar refractivity (Wildman–Crippen MR) is 48.0 cm³/mol. The topological polar surface area (TPSA) is 9.23 Å². The van der Waals surface area contributed by atoms with Crippen LogP contribution >= 0.6 is 0 Å². The fraction of sp³-hybridized carbons (Fsp3) is 1.00. The standard InChI is InChI=1S/C10H19FO/c1-2-3-4-5-6-10-7-9(11)8-12-10/h9-10H,2-8H2,1H3/t9-,10?/m0/s1. The highest BCUT2D eigenvalue weighted by Gasteiger charge is 2.23. The normalized spacial score (nSPS) is 29.5. The molecule has 0 saturated carbocycles. The van der Waals surface area contributed by atoms with Gasteiger partial charge in [-0.3, -0.25) is 0 Å². The van der Waals surface area contributed by atoms with Crippen molar-refractivity contribution in [3.63, 3.8) is 0 Å². The van der Waals surface area contributed by atoms with E-state index in [9.17, 15) is 4.39 Å². The van der Waals surface area contributed by atoms with Gasteiger partial charge in [-0.2, -0.15) is 0 Å². The summed E-state index contributed by atoms with van der Waals surface area (Å²) in [5.74, 6) is 0. The maximum Gasteiger partial charge on any atom is 0.126 e. The number of hydrogen-bond donors (Lipinski definition) is 0. The lowest BCUT2D eigenvalue weighted by Crippen LogP contribution is -2.04. The SMILES string of the molecule is CCCCCCC1C[C@H](F)CO1. The van der Waals surface area contributed by atoms with E-state index in [4.69, 9.17) is 4.74 Å². The van der Waals surface area contributed by atoms with Crippen LogP contribution in [0.3, 0.4) is 0 Å². The zero-order valence-corrected chi connectivity index (χ0v) is 7.89. The summed E-state index contributed by atoms with van der Waals surface area (Å²) in [6.45, 7) is 2.53. The summed E-state index contributed by atoms with van der Waals surface area (Å²) in [4.78, 5) is 0. The van der Waals surface area contributed by atoms with Gasteiger partial charge in [0.15, 0.2) is 0 Å². The van der Waals surface area contributed by atoms with Crippen molar-refractivity contribution in [3.05, 3.63) is 0 Å². The Hall–Kier alpha value is -0.110. The number of hydrogen-bond acceptors (Lipinski definition) is 1. The molecule has 0 aromatic rings. The number of unbranched alkanes of at least 4 members (excludes halogenated alkanes) is 3. The van der Waals surface area contributed by atoms with Crippen molar-refractivity contribution in [2.45, 2.75) is 57.7 Å². The molecule has 0 aromatic heterocycles. The van der Waals surface area contributed by atoms with Gasteiger partial charge in [0.1, 0.15) is 6.17 Å². The van der Waals surface area contributed by atoms with E-state index in [1.165, 1.54) is 25.7 Å². The van der Waals surface area contributed by atoms with Gasteiger partial charge in [0.05, 0.1) is 12.7 Å². The summed E-state index contributed by atoms with van der Waals surface area (Å²) in [7, 11) is 0. The van der Waals surface area contributed by atoms with Crippen LogP contribution in [0.4, 0.5) is 4.39 Å². The summed E-state index contributed by atoms with van der Waals surface area (Å²) in [5.41, 5.74) is 0. The van der Waals surface area contributed by atoms with Crippen molar-refractivity contribution < 1.29 is 9.13 Å². The van der Waals surface area contributed by atoms with Crippen LogP contribution in [0, 0.1) is 0 Å². The average Bonchev–Trinajstić information content (AvgIpc) is 2.45. The van der Waals surface area contributed by atoms with Crippen LogP contribution in [0.5, 0.6) is 0 Å². The number of rotatable bonds is 5. The van der Waals surface area contributed by atoms with E-state index in [2.05, 4.69) is 6.92 Å². The van der Waals surface area contributed by atoms with Gasteiger partial charge in [0, 0.05) is 6.42 Å². The van der Waals surface area contributed by atoms with Gasteiger partial charge >= 0.3 is 0 Å². The second-order valence-corrected chi connectivity index (χ2v) is 3.64. The summed E-state index contributed by atoms with van der Waals surface area (Å²) in [5, 5.41) is 0. The first-order chi connectivity index (χ1) is 5.83. The first-order valence-corrected chi connectivity index (χ1v) is 5.08. The Labute approximate surface area is 74.3 Å². The molecule has 72 valence electrons. The van der Waals surface area contributed by atoms with Crippen LogP contribution in [-0.4, -0.2) is 18.9 Å². The summed E-state index contributed by atoms with van der Waals surface area (Å²) < 4.78 is 17.9. The van der Waals surface area contributed by atoms with E-state index in [0.29, 0.717) is 13.0 Å². The zero-order chi connectivity index (χ0) is 8.81. The third-order valence-corrected chi connectivity index (χ3v) is 2.41. The van der Waals surface area contributed by atoms with Crippen molar-refractivity contribution >= 4 is 0 Å². The van der Waals surface area contributed by atoms with Crippen LogP contribution in [0.15, 0.2) is 0 Å². The molecular formula is C10H19FO. The van der Waals surface area contributed by atoms with Crippen LogP contribution in [0.1, 0.15) is 45.4 Å². The molecule has 1 fully saturated rings. The van der Waals surface area contributed by atoms with Gasteiger partial charge < -0.3 is 4.74 Å². The molecule has 1 heterocycles. The molecule has 1 aliphatic rings. The third-order valence-electron chi connectivity index (χ3n) is 2.41. The van der Waals surface area contributed by atoms with E-state index in [-0.39, 0.29) is 6.10 Å². The first kappa shape index (κ1) is 9.97. The van der Waals surface area contributed by atoms with Crippen molar-refractivity contribution in [1.82, 2.24) is 0 Å². The molecule has 0 spiro atoms. The number of ether oxygens (including phenoxy) is 1. The lowest BCUT2D eigenvalue weighted by atomic mass is 10.1. The Morgan fingerprint density at radius 2 is 2.17 bits per heavy atom. The minimum atomic E-state index is -0.693. The Morgan fingerprint density at radius 3 is 2.75 bits per heavy atom. The van der Waals surface area contributed by atoms with Gasteiger partial charge in [-0.05, 0) is 6.42 Å². The van der Waals surface area contributed by atoms with Gasteiger partial charge in [-0.15, -0.1) is 0 Å². The molecule has 0 amide bonds. The van der Waals surface area contributed by atoms with Crippen molar-refractivity contribution in [3.8, 4) is 0 Å². The molecule has 2 heteroatoms. The molecule has 1 rings (SSSR count). The molecule has 1 saturated heterocycles. The minimum absolute atomic E-state index is 0.219. The third kappa shape index (κ3) is 3.53. The average molecular weight is 174 g/mol. The molecular weight excluding hydrogens is 155 g/mol. The molecule has 0 bridgehead atoms. The monoisotopic (exact) mass is 174 g/mol. The second kappa shape index (κ2) is 5.52. The van der Waals surface area contributed by atoms with E-state index in [1.54, 1.807) is 0 Å². The fourth-order valence-corrected chi connectivity index (χ4v) is 1.66. The maximum absolute atomic E-state index is 12.6. The van der Waals surface area contributed by atoms with Crippen LogP contribution < -0.4 is 0 Å². The first-order valence-electron chi connectivity index (χ1n) is 5.08. The Bertz CT molecular complexity index is 116. The van der Waals surface area contributed by atoms with E-state index in [0.717, 1.165) is 6.42 Å². The molecule has 1 nitrogen and oxygen atoms in total. The van der Waals surface area contributed by atoms with Crippen LogP contribution in [0.2, 0.25) is 0 Å². The Balaban J connectivity index is 1.93. The zero-order valence-electron chi connectivity index (χ0n) is 7.89. The van der Waals surface area contributed by atoms with Gasteiger partial charge in [-0.1, -0.05) is 32.6 Å². The van der Waals surface area contributed by atoms with E-state index in [1.807, 2.05) is 0 Å². The van der Waals surface area contributed by atoms with Gasteiger partial charge in [0.2, 0.25) is 0 Å². The molecule has 0 aliphatic carbocycles. The highest BCUT2D eigenvalue weighted by atomic mass is 19.1. The van der Waals surface area contributed by atoms with Gasteiger partial charge in [-0.25, -0.2) is 4.39 Å². The smallest absolute Gasteiger partial charge is 0.126 e. The highest BCUT2D eigenvalue weighted by Crippen LogP contribution is 2.20. The van der Waals surface area contributed by atoms with Crippen molar-refractivity contribution in [2.24, 2.45) is 0 Å². The number of alkyl halides is 1. The Morgan fingerprint density at radius 1 is 1.33 bits per heavy atom. The minimum Gasteiger partial charge on any atom is -0.375 e. The lowest BCUT2D eigenvalue weighted by Gasteiger charge is -2.07. The van der Waals surface area contributed by atoms with Crippen molar-refractivity contribution in [1.29, 1.82) is 0 Å². The molecule has 0 N–H and O–H groups in total. The number of halogens is 1. The highest BCUT2D eigenvalue weighted by molar-refractivity contribution is 4.72. The largest absolute Gasteiger partial charge is 0.375 e. The van der Waals surface area contributed by atoms with Crippen LogP contribution in [0.25, 0.3) is 0 Å². The van der Waals surface area contributed by atoms with Crippen molar-refractivity contribution in [2.75, 3.05) is 6.61 Å². The quantitative estimate of drug-likeness (QED) is 0.582. The van der Waals surface area contributed by atoms with E-state index < -0.39 is 6.17 Å². The lowest BCUT2D eigenvalue weighted by molar-refractivity contribution is 0.0950. The molecule has 1 unspecified atom stereocenters. The second-order valence-electron chi connectivity index (χ2n) is 3.64. The summed E-state index contributed by atoms with van der Waals surface area (Å²) in [6.07, 6.45) is 6.24. The van der Waals surface area contributed by atoms with E-state index >= 15 is 0 Å². The molecule has 0 aromatic carbocycles. The Kier molecular flexibility index (Phi) is 4.59. The summed E-state index contributed by atoms with van der Waals surface area (Å²) in [6, 6.07) is 0.